The van der Waals surface area contributed by atoms with E-state index < -0.39 is 0 Å². The van der Waals surface area contributed by atoms with E-state index in [0.717, 1.165) is 37.4 Å². The molecule has 0 amide bonds. The van der Waals surface area contributed by atoms with Crippen molar-refractivity contribution in [3.63, 3.8) is 0 Å². The van der Waals surface area contributed by atoms with E-state index in [0.29, 0.717) is 19.8 Å². The van der Waals surface area contributed by atoms with Gasteiger partial charge in [-0.1, -0.05) is 6.92 Å². The number of ether oxygens (including phenoxy) is 2. The van der Waals surface area contributed by atoms with Gasteiger partial charge in [-0.15, -0.1) is 0 Å². The van der Waals surface area contributed by atoms with Crippen LogP contribution < -0.4 is 5.32 Å². The predicted molar refractivity (Wildman–Crippen MR) is 64.9 cm³/mol. The molecule has 1 heterocycles. The molecule has 0 aromatic carbocycles. The molecule has 0 aliphatic rings. The molecule has 17 heavy (non-hydrogen) atoms. The van der Waals surface area contributed by atoms with E-state index in [1.165, 1.54) is 6.39 Å². The van der Waals surface area contributed by atoms with Crippen molar-refractivity contribution in [3.8, 4) is 0 Å². The van der Waals surface area contributed by atoms with Crippen LogP contribution in [-0.2, 0) is 22.4 Å². The Hall–Kier alpha value is -0.910. The normalized spacial score (nSPS) is 10.9. The maximum Gasteiger partial charge on any atom is 0.181 e. The highest BCUT2D eigenvalue weighted by molar-refractivity contribution is 5.07. The molecule has 0 aliphatic carbocycles. The maximum atomic E-state index is 5.43. The van der Waals surface area contributed by atoms with Gasteiger partial charge < -0.3 is 19.2 Å². The molecule has 1 N–H and O–H groups in total. The summed E-state index contributed by atoms with van der Waals surface area (Å²) in [7, 11) is 1.69. The number of rotatable bonds is 10. The Morgan fingerprint density at radius 2 is 2.24 bits per heavy atom. The van der Waals surface area contributed by atoms with Gasteiger partial charge in [0.25, 0.3) is 0 Å². The SMILES string of the molecule is CCCOCCc1ocnc1CNCCOC. The summed E-state index contributed by atoms with van der Waals surface area (Å²) in [4.78, 5) is 4.19. The molecule has 1 aromatic rings. The first-order chi connectivity index (χ1) is 8.38. The topological polar surface area (TPSA) is 56.5 Å². The van der Waals surface area contributed by atoms with E-state index in [4.69, 9.17) is 13.9 Å². The van der Waals surface area contributed by atoms with Gasteiger partial charge >= 0.3 is 0 Å². The third-order valence-corrected chi connectivity index (χ3v) is 2.32. The van der Waals surface area contributed by atoms with Crippen LogP contribution in [0, 0.1) is 0 Å². The van der Waals surface area contributed by atoms with Crippen LogP contribution in [-0.4, -0.2) is 38.5 Å². The summed E-state index contributed by atoms with van der Waals surface area (Å²) < 4.78 is 15.7. The van der Waals surface area contributed by atoms with E-state index in [1.807, 2.05) is 0 Å². The molecule has 0 spiro atoms. The molecule has 98 valence electrons. The van der Waals surface area contributed by atoms with E-state index in [2.05, 4.69) is 17.2 Å². The van der Waals surface area contributed by atoms with E-state index >= 15 is 0 Å². The molecule has 5 nitrogen and oxygen atoms in total. The van der Waals surface area contributed by atoms with Crippen LogP contribution >= 0.6 is 0 Å². The summed E-state index contributed by atoms with van der Waals surface area (Å²) in [5, 5.41) is 3.24. The predicted octanol–water partition coefficient (Wildman–Crippen LogP) is 1.38. The first-order valence-electron chi connectivity index (χ1n) is 6.07. The monoisotopic (exact) mass is 242 g/mol. The molecule has 5 heteroatoms. The van der Waals surface area contributed by atoms with Gasteiger partial charge in [-0.05, 0) is 6.42 Å². The fourth-order valence-corrected chi connectivity index (χ4v) is 1.43. The smallest absolute Gasteiger partial charge is 0.181 e. The van der Waals surface area contributed by atoms with Crippen LogP contribution in [0.5, 0.6) is 0 Å². The third-order valence-electron chi connectivity index (χ3n) is 2.32. The van der Waals surface area contributed by atoms with Crippen molar-refractivity contribution in [1.82, 2.24) is 10.3 Å². The summed E-state index contributed by atoms with van der Waals surface area (Å²) in [6.45, 7) is 5.81. The van der Waals surface area contributed by atoms with Gasteiger partial charge in [0.15, 0.2) is 6.39 Å². The molecule has 0 saturated carbocycles. The summed E-state index contributed by atoms with van der Waals surface area (Å²) in [6.07, 6.45) is 3.31. The van der Waals surface area contributed by atoms with E-state index in [9.17, 15) is 0 Å². The Kier molecular flexibility index (Phi) is 7.62. The Morgan fingerprint density at radius 3 is 3.00 bits per heavy atom. The van der Waals surface area contributed by atoms with Crippen LogP contribution in [0.4, 0.5) is 0 Å². The van der Waals surface area contributed by atoms with Gasteiger partial charge in [0.2, 0.25) is 0 Å². The van der Waals surface area contributed by atoms with Gasteiger partial charge in [0.05, 0.1) is 18.9 Å². The molecule has 0 radical (unpaired) electrons. The van der Waals surface area contributed by atoms with Gasteiger partial charge in [-0.2, -0.15) is 0 Å². The molecule has 1 rings (SSSR count). The van der Waals surface area contributed by atoms with Crippen molar-refractivity contribution in [1.29, 1.82) is 0 Å². The first-order valence-corrected chi connectivity index (χ1v) is 6.07. The van der Waals surface area contributed by atoms with Crippen LogP contribution in [0.1, 0.15) is 24.8 Å². The van der Waals surface area contributed by atoms with Crippen LogP contribution in [0.2, 0.25) is 0 Å². The zero-order valence-corrected chi connectivity index (χ0v) is 10.7. The lowest BCUT2D eigenvalue weighted by Gasteiger charge is -2.04. The number of aromatic nitrogens is 1. The number of oxazole rings is 1. The molecule has 0 aliphatic heterocycles. The Labute approximate surface area is 103 Å². The van der Waals surface area contributed by atoms with Crippen molar-refractivity contribution < 1.29 is 13.9 Å². The van der Waals surface area contributed by atoms with Crippen LogP contribution in [0.15, 0.2) is 10.8 Å². The number of nitrogens with zero attached hydrogens (tertiary/aromatic N) is 1. The summed E-state index contributed by atoms with van der Waals surface area (Å²) in [5.74, 6) is 0.908. The lowest BCUT2D eigenvalue weighted by Crippen LogP contribution is -2.19. The highest BCUT2D eigenvalue weighted by atomic mass is 16.5. The van der Waals surface area contributed by atoms with Gasteiger partial charge in [-0.3, -0.25) is 0 Å². The lowest BCUT2D eigenvalue weighted by atomic mass is 10.2. The Balaban J connectivity index is 2.22. The maximum absolute atomic E-state index is 5.43. The second kappa shape index (κ2) is 9.15. The van der Waals surface area contributed by atoms with Crippen molar-refractivity contribution in [2.75, 3.05) is 33.5 Å². The standard InChI is InChI=1S/C12H22N2O3/c1-3-6-16-7-4-12-11(14-10-17-12)9-13-5-8-15-2/h10,13H,3-9H2,1-2H3. The Morgan fingerprint density at radius 1 is 1.35 bits per heavy atom. The molecule has 0 unspecified atom stereocenters. The zero-order chi connectivity index (χ0) is 12.3. The van der Waals surface area contributed by atoms with Gasteiger partial charge in [0.1, 0.15) is 5.76 Å². The molecular weight excluding hydrogens is 220 g/mol. The molecule has 0 atom stereocenters. The highest BCUT2D eigenvalue weighted by Crippen LogP contribution is 2.07. The number of methoxy groups -OCH3 is 1. The van der Waals surface area contributed by atoms with Crippen molar-refractivity contribution in [2.24, 2.45) is 0 Å². The second-order valence-electron chi connectivity index (χ2n) is 3.75. The first kappa shape index (κ1) is 14.2. The highest BCUT2D eigenvalue weighted by Gasteiger charge is 2.07. The average Bonchev–Trinajstić information content (AvgIpc) is 2.78. The summed E-state index contributed by atoms with van der Waals surface area (Å²) >= 11 is 0. The second-order valence-corrected chi connectivity index (χ2v) is 3.75. The third kappa shape index (κ3) is 5.81. The summed E-state index contributed by atoms with van der Waals surface area (Å²) in [5.41, 5.74) is 0.959. The molecule has 0 bridgehead atoms. The van der Waals surface area contributed by atoms with Crippen LogP contribution in [0.25, 0.3) is 0 Å². The van der Waals surface area contributed by atoms with Crippen molar-refractivity contribution in [3.05, 3.63) is 17.8 Å². The summed E-state index contributed by atoms with van der Waals surface area (Å²) in [6, 6.07) is 0. The fourth-order valence-electron chi connectivity index (χ4n) is 1.43. The largest absolute Gasteiger partial charge is 0.448 e. The minimum atomic E-state index is 0.689. The average molecular weight is 242 g/mol. The number of hydrogen-bond donors (Lipinski definition) is 1. The fraction of sp³-hybridized carbons (Fsp3) is 0.750. The Bertz CT molecular complexity index is 263. The van der Waals surface area contributed by atoms with Gasteiger partial charge in [0, 0.05) is 33.2 Å². The quantitative estimate of drug-likeness (QED) is 0.628. The van der Waals surface area contributed by atoms with E-state index in [-0.39, 0.29) is 0 Å². The van der Waals surface area contributed by atoms with Crippen molar-refractivity contribution >= 4 is 0 Å². The van der Waals surface area contributed by atoms with Crippen LogP contribution in [0.3, 0.4) is 0 Å². The lowest BCUT2D eigenvalue weighted by molar-refractivity contribution is 0.134. The van der Waals surface area contributed by atoms with Gasteiger partial charge in [-0.25, -0.2) is 4.98 Å². The van der Waals surface area contributed by atoms with E-state index in [1.54, 1.807) is 7.11 Å². The molecule has 0 fully saturated rings. The zero-order valence-electron chi connectivity index (χ0n) is 10.7. The number of nitrogens with one attached hydrogen (secondary N) is 1. The number of hydrogen-bond acceptors (Lipinski definition) is 5. The van der Waals surface area contributed by atoms with Crippen molar-refractivity contribution in [2.45, 2.75) is 26.3 Å². The molecule has 0 saturated heterocycles. The molecule has 1 aromatic heterocycles. The molecular formula is C12H22N2O3. The minimum Gasteiger partial charge on any atom is -0.448 e. The minimum absolute atomic E-state index is 0.689.